The second-order valence-electron chi connectivity index (χ2n) is 9.03. The molecule has 1 aliphatic heterocycles. The zero-order valence-corrected chi connectivity index (χ0v) is 22.2. The average molecular weight is 540 g/mol. The number of rotatable bonds is 9. The highest BCUT2D eigenvalue weighted by molar-refractivity contribution is 7.89. The lowest BCUT2D eigenvalue weighted by molar-refractivity contribution is -0.0948. The number of hydrogen-bond acceptors (Lipinski definition) is 8. The molecule has 0 spiro atoms. The molecule has 2 N–H and O–H groups in total. The van der Waals surface area contributed by atoms with Gasteiger partial charge in [-0.05, 0) is 37.1 Å². The molecule has 0 bridgehead atoms. The van der Waals surface area contributed by atoms with E-state index in [9.17, 15) is 8.42 Å². The molecule has 0 atom stereocenters. The molecule has 8 nitrogen and oxygen atoms in total. The predicted molar refractivity (Wildman–Crippen MR) is 142 cm³/mol. The number of nitrogens with two attached hydrogens (primary N) is 1. The van der Waals surface area contributed by atoms with Crippen molar-refractivity contribution in [3.63, 3.8) is 0 Å². The maximum absolute atomic E-state index is 11.7. The van der Waals surface area contributed by atoms with Crippen LogP contribution in [0.2, 0.25) is 0 Å². The van der Waals surface area contributed by atoms with Crippen LogP contribution in [0.3, 0.4) is 0 Å². The van der Waals surface area contributed by atoms with Gasteiger partial charge < -0.3 is 13.9 Å². The molecule has 1 aliphatic rings. The van der Waals surface area contributed by atoms with Crippen molar-refractivity contribution in [1.82, 2.24) is 9.97 Å². The highest BCUT2D eigenvalue weighted by Gasteiger charge is 2.37. The number of oxazole rings is 1. The van der Waals surface area contributed by atoms with Crippen LogP contribution in [0.4, 0.5) is 0 Å². The van der Waals surface area contributed by atoms with Gasteiger partial charge in [0.2, 0.25) is 10.0 Å². The fraction of sp³-hybridized carbons (Fsp3) is 0.333. The number of nitrogens with zero attached hydrogens (tertiary/aromatic N) is 2. The van der Waals surface area contributed by atoms with Crippen LogP contribution in [0.15, 0.2) is 69.3 Å². The van der Waals surface area contributed by atoms with Crippen LogP contribution in [0.5, 0.6) is 0 Å². The Hall–Kier alpha value is -2.89. The summed E-state index contributed by atoms with van der Waals surface area (Å²) < 4.78 is 40.9. The number of thiazole rings is 1. The molecule has 0 unspecified atom stereocenters. The first-order chi connectivity index (χ1) is 17.9. The van der Waals surface area contributed by atoms with Gasteiger partial charge in [-0.15, -0.1) is 11.3 Å². The normalized spacial score (nSPS) is 15.6. The number of aromatic nitrogens is 2. The molecule has 0 aliphatic carbocycles. The van der Waals surface area contributed by atoms with E-state index in [2.05, 4.69) is 5.38 Å². The maximum atomic E-state index is 11.7. The molecule has 0 radical (unpaired) electrons. The first-order valence-corrected chi connectivity index (χ1v) is 14.6. The Morgan fingerprint density at radius 3 is 2.41 bits per heavy atom. The fourth-order valence-corrected chi connectivity index (χ4v) is 6.12. The largest absolute Gasteiger partial charge is 0.440 e. The fourth-order valence-electron chi connectivity index (χ4n) is 4.51. The number of methoxy groups -OCH3 is 1. The summed E-state index contributed by atoms with van der Waals surface area (Å²) in [6.45, 7) is 1.37. The number of aryl methyl sites for hydroxylation is 2. The summed E-state index contributed by atoms with van der Waals surface area (Å²) in [6.07, 6.45) is 3.90. The van der Waals surface area contributed by atoms with Gasteiger partial charge in [0.15, 0.2) is 11.7 Å². The molecule has 0 saturated carbocycles. The van der Waals surface area contributed by atoms with E-state index in [4.69, 9.17) is 29.0 Å². The van der Waals surface area contributed by atoms with Crippen molar-refractivity contribution < 1.29 is 22.3 Å². The Morgan fingerprint density at radius 2 is 1.73 bits per heavy atom. The SMILES string of the molecule is COC1(c2nc(CCCc3nc(-c4ccccc4)c(-c4ccc(S(N)(=O)=O)cc4)o3)cs2)CCOCC1. The van der Waals surface area contributed by atoms with Crippen molar-refractivity contribution in [1.29, 1.82) is 0 Å². The van der Waals surface area contributed by atoms with E-state index in [0.717, 1.165) is 53.2 Å². The summed E-state index contributed by atoms with van der Waals surface area (Å²) in [6, 6.07) is 16.1. The van der Waals surface area contributed by atoms with Gasteiger partial charge in [-0.25, -0.2) is 23.5 Å². The number of hydrogen-bond donors (Lipinski definition) is 1. The lowest BCUT2D eigenvalue weighted by Crippen LogP contribution is -2.35. The first kappa shape index (κ1) is 25.7. The highest BCUT2D eigenvalue weighted by Crippen LogP contribution is 2.37. The first-order valence-electron chi connectivity index (χ1n) is 12.1. The Balaban J connectivity index is 1.33. The van der Waals surface area contributed by atoms with Crippen LogP contribution >= 0.6 is 11.3 Å². The van der Waals surface area contributed by atoms with Crippen LogP contribution in [0.1, 0.15) is 35.9 Å². The van der Waals surface area contributed by atoms with Gasteiger partial charge in [0.1, 0.15) is 16.3 Å². The number of benzene rings is 2. The summed E-state index contributed by atoms with van der Waals surface area (Å²) in [4.78, 5) is 9.73. The molecule has 2 aromatic heterocycles. The van der Waals surface area contributed by atoms with Gasteiger partial charge >= 0.3 is 0 Å². The van der Waals surface area contributed by atoms with Gasteiger partial charge in [-0.1, -0.05) is 30.3 Å². The second kappa shape index (κ2) is 10.8. The average Bonchev–Trinajstić information content (AvgIpc) is 3.57. The van der Waals surface area contributed by atoms with Crippen LogP contribution in [0, 0.1) is 0 Å². The Bertz CT molecular complexity index is 1440. The van der Waals surface area contributed by atoms with E-state index >= 15 is 0 Å². The quantitative estimate of drug-likeness (QED) is 0.320. The molecule has 10 heteroatoms. The molecule has 3 heterocycles. The van der Waals surface area contributed by atoms with Crippen LogP contribution < -0.4 is 5.14 Å². The highest BCUT2D eigenvalue weighted by atomic mass is 32.2. The van der Waals surface area contributed by atoms with Crippen molar-refractivity contribution >= 4 is 21.4 Å². The van der Waals surface area contributed by atoms with E-state index < -0.39 is 10.0 Å². The molecular formula is C27H29N3O5S2. The van der Waals surface area contributed by atoms with Gasteiger partial charge in [-0.2, -0.15) is 0 Å². The Kier molecular flexibility index (Phi) is 7.55. The lowest BCUT2D eigenvalue weighted by atomic mass is 9.95. The Labute approximate surface area is 220 Å². The van der Waals surface area contributed by atoms with Gasteiger partial charge in [-0.3, -0.25) is 0 Å². The molecule has 1 saturated heterocycles. The van der Waals surface area contributed by atoms with Crippen molar-refractivity contribution in [2.24, 2.45) is 5.14 Å². The van der Waals surface area contributed by atoms with E-state index in [1.54, 1.807) is 30.6 Å². The summed E-state index contributed by atoms with van der Waals surface area (Å²) in [7, 11) is -2.02. The minimum Gasteiger partial charge on any atom is -0.440 e. The standard InChI is InChI=1S/C27H29N3O5S2/c1-33-27(14-16-34-17-15-27)26-29-21(18-36-26)8-5-9-23-30-24(19-6-3-2-4-7-19)25(35-23)20-10-12-22(13-11-20)37(28,31)32/h2-4,6-7,10-13,18H,5,8-9,14-17H2,1H3,(H2,28,31,32). The number of primary sulfonamides is 1. The third kappa shape index (κ3) is 5.68. The topological polar surface area (TPSA) is 118 Å². The molecule has 37 heavy (non-hydrogen) atoms. The molecule has 4 aromatic rings. The van der Waals surface area contributed by atoms with E-state index in [1.165, 1.54) is 12.1 Å². The zero-order chi connectivity index (χ0) is 25.9. The van der Waals surface area contributed by atoms with E-state index in [-0.39, 0.29) is 10.5 Å². The minimum atomic E-state index is -3.77. The van der Waals surface area contributed by atoms with Crippen LogP contribution in [-0.4, -0.2) is 38.7 Å². The van der Waals surface area contributed by atoms with Crippen molar-refractivity contribution in [3.8, 4) is 22.6 Å². The molecular weight excluding hydrogens is 510 g/mol. The zero-order valence-electron chi connectivity index (χ0n) is 20.6. The molecule has 5 rings (SSSR count). The maximum Gasteiger partial charge on any atom is 0.238 e. The molecule has 2 aromatic carbocycles. The van der Waals surface area contributed by atoms with E-state index in [1.807, 2.05) is 30.3 Å². The van der Waals surface area contributed by atoms with Crippen molar-refractivity contribution in [3.05, 3.63) is 76.6 Å². The third-order valence-electron chi connectivity index (χ3n) is 6.62. The van der Waals surface area contributed by atoms with Gasteiger partial charge in [0.05, 0.1) is 10.6 Å². The monoisotopic (exact) mass is 539 g/mol. The van der Waals surface area contributed by atoms with Crippen molar-refractivity contribution in [2.45, 2.75) is 42.6 Å². The summed E-state index contributed by atoms with van der Waals surface area (Å²) in [5, 5.41) is 8.37. The molecule has 194 valence electrons. The van der Waals surface area contributed by atoms with Crippen molar-refractivity contribution in [2.75, 3.05) is 20.3 Å². The molecule has 0 amide bonds. The predicted octanol–water partition coefficient (Wildman–Crippen LogP) is 4.94. The van der Waals surface area contributed by atoms with E-state index in [0.29, 0.717) is 31.3 Å². The molecule has 1 fully saturated rings. The second-order valence-corrected chi connectivity index (χ2v) is 11.4. The smallest absolute Gasteiger partial charge is 0.238 e. The van der Waals surface area contributed by atoms with Gasteiger partial charge in [0, 0.05) is 56.1 Å². The van der Waals surface area contributed by atoms with Crippen LogP contribution in [0.25, 0.3) is 22.6 Å². The van der Waals surface area contributed by atoms with Gasteiger partial charge in [0.25, 0.3) is 0 Å². The number of ether oxygens (including phenoxy) is 2. The summed E-state index contributed by atoms with van der Waals surface area (Å²) >= 11 is 1.65. The minimum absolute atomic E-state index is 0.0517. The van der Waals surface area contributed by atoms with Crippen LogP contribution in [-0.2, 0) is 37.9 Å². The summed E-state index contributed by atoms with van der Waals surface area (Å²) in [5.74, 6) is 1.22. The Morgan fingerprint density at radius 1 is 1.00 bits per heavy atom. The number of sulfonamides is 1. The lowest BCUT2D eigenvalue weighted by Gasteiger charge is -2.33. The summed E-state index contributed by atoms with van der Waals surface area (Å²) in [5.41, 5.74) is 3.07. The third-order valence-corrected chi connectivity index (χ3v) is 8.63.